The van der Waals surface area contributed by atoms with Gasteiger partial charge in [0.25, 0.3) is 5.91 Å². The third kappa shape index (κ3) is 2.98. The van der Waals surface area contributed by atoms with Gasteiger partial charge in [-0.2, -0.15) is 0 Å². The molecule has 0 saturated carbocycles. The number of aryl methyl sites for hydroxylation is 2. The zero-order valence-corrected chi connectivity index (χ0v) is 14.6. The number of piperidine rings is 1. The van der Waals surface area contributed by atoms with Gasteiger partial charge in [-0.25, -0.2) is 0 Å². The topological polar surface area (TPSA) is 25.2 Å². The van der Waals surface area contributed by atoms with Gasteiger partial charge in [0.1, 0.15) is 5.69 Å². The lowest BCUT2D eigenvalue weighted by atomic mass is 10.1. The molecule has 0 bridgehead atoms. The second-order valence-electron chi connectivity index (χ2n) is 6.44. The Morgan fingerprint density at radius 3 is 2.62 bits per heavy atom. The minimum atomic E-state index is 0.200. The van der Waals surface area contributed by atoms with Crippen LogP contribution in [0, 0.1) is 0 Å². The molecule has 1 amide bonds. The number of thiophene rings is 1. The number of hydrogen-bond acceptors (Lipinski definition) is 2. The predicted molar refractivity (Wildman–Crippen MR) is 99.7 cm³/mol. The highest BCUT2D eigenvalue weighted by atomic mass is 32.1. The molecule has 124 valence electrons. The van der Waals surface area contributed by atoms with Crippen LogP contribution in [0.4, 0.5) is 0 Å². The van der Waals surface area contributed by atoms with Crippen LogP contribution in [0.2, 0.25) is 0 Å². The van der Waals surface area contributed by atoms with Crippen molar-refractivity contribution in [1.82, 2.24) is 9.47 Å². The summed E-state index contributed by atoms with van der Waals surface area (Å²) < 4.78 is 3.43. The fourth-order valence-corrected chi connectivity index (χ4v) is 4.36. The Labute approximate surface area is 146 Å². The van der Waals surface area contributed by atoms with Crippen LogP contribution in [-0.4, -0.2) is 28.5 Å². The lowest BCUT2D eigenvalue weighted by Crippen LogP contribution is -2.36. The minimum absolute atomic E-state index is 0.200. The summed E-state index contributed by atoms with van der Waals surface area (Å²) in [7, 11) is 0. The predicted octanol–water partition coefficient (Wildman–Crippen LogP) is 4.57. The van der Waals surface area contributed by atoms with Gasteiger partial charge in [0.15, 0.2) is 0 Å². The Bertz CT molecular complexity index is 828. The highest BCUT2D eigenvalue weighted by Gasteiger charge is 2.23. The molecule has 0 unspecified atom stereocenters. The summed E-state index contributed by atoms with van der Waals surface area (Å²) in [5.41, 5.74) is 3.36. The molecule has 0 spiro atoms. The average molecular weight is 338 g/mol. The molecule has 3 nitrogen and oxygen atoms in total. The van der Waals surface area contributed by atoms with Crippen LogP contribution < -0.4 is 0 Å². The van der Waals surface area contributed by atoms with E-state index in [1.54, 1.807) is 11.3 Å². The van der Waals surface area contributed by atoms with Crippen LogP contribution in [0.15, 0.2) is 47.8 Å². The fourth-order valence-electron chi connectivity index (χ4n) is 3.54. The van der Waals surface area contributed by atoms with Crippen molar-refractivity contribution >= 4 is 27.5 Å². The maximum absolute atomic E-state index is 13.0. The average Bonchev–Trinajstić information content (AvgIpc) is 3.22. The summed E-state index contributed by atoms with van der Waals surface area (Å²) in [5, 5.41) is 2.11. The Morgan fingerprint density at radius 2 is 1.83 bits per heavy atom. The smallest absolute Gasteiger partial charge is 0.270 e. The summed E-state index contributed by atoms with van der Waals surface area (Å²) in [5.74, 6) is 0.200. The zero-order chi connectivity index (χ0) is 16.4. The highest BCUT2D eigenvalue weighted by Crippen LogP contribution is 2.27. The zero-order valence-electron chi connectivity index (χ0n) is 13.8. The van der Waals surface area contributed by atoms with E-state index in [0.29, 0.717) is 0 Å². The molecule has 24 heavy (non-hydrogen) atoms. The number of carbonyl (C=O) groups is 1. The van der Waals surface area contributed by atoms with Crippen LogP contribution in [0.25, 0.3) is 10.2 Å². The van der Waals surface area contributed by atoms with Gasteiger partial charge >= 0.3 is 0 Å². The first-order valence-electron chi connectivity index (χ1n) is 8.73. The summed E-state index contributed by atoms with van der Waals surface area (Å²) in [6.07, 6.45) is 4.45. The van der Waals surface area contributed by atoms with E-state index >= 15 is 0 Å². The molecule has 0 aliphatic carbocycles. The molecule has 4 rings (SSSR count). The number of hydrogen-bond donors (Lipinski definition) is 0. The largest absolute Gasteiger partial charge is 0.337 e. The molecule has 3 heterocycles. The third-order valence-corrected chi connectivity index (χ3v) is 5.71. The van der Waals surface area contributed by atoms with Gasteiger partial charge in [0.2, 0.25) is 0 Å². The molecule has 4 heteroatoms. The molecule has 1 saturated heterocycles. The molecule has 1 aliphatic heterocycles. The highest BCUT2D eigenvalue weighted by molar-refractivity contribution is 7.17. The summed E-state index contributed by atoms with van der Waals surface area (Å²) >= 11 is 1.72. The number of carbonyl (C=O) groups excluding carboxylic acids is 1. The van der Waals surface area contributed by atoms with Gasteiger partial charge in [0.05, 0.1) is 10.2 Å². The second kappa shape index (κ2) is 6.81. The van der Waals surface area contributed by atoms with Crippen LogP contribution >= 0.6 is 11.3 Å². The van der Waals surface area contributed by atoms with Gasteiger partial charge in [0, 0.05) is 19.6 Å². The minimum Gasteiger partial charge on any atom is -0.337 e. The Morgan fingerprint density at radius 1 is 1.04 bits per heavy atom. The summed E-state index contributed by atoms with van der Waals surface area (Å²) in [6.45, 7) is 2.64. The number of amides is 1. The normalized spacial score (nSPS) is 15.1. The molecule has 0 N–H and O–H groups in total. The van der Waals surface area contributed by atoms with E-state index in [1.165, 1.54) is 22.2 Å². The summed E-state index contributed by atoms with van der Waals surface area (Å²) in [6, 6.07) is 14.7. The number of benzene rings is 1. The standard InChI is InChI=1S/C20H22N2OS/c23-20(21-11-5-2-6-12-21)18-15-19-17(10-14-24-19)22(18)13-9-16-7-3-1-4-8-16/h1,3-4,7-8,10,14-15H,2,5-6,9,11-13H2. The maximum Gasteiger partial charge on any atom is 0.270 e. The van der Waals surface area contributed by atoms with E-state index in [0.717, 1.165) is 44.6 Å². The maximum atomic E-state index is 13.0. The Kier molecular flexibility index (Phi) is 4.39. The van der Waals surface area contributed by atoms with E-state index < -0.39 is 0 Å². The van der Waals surface area contributed by atoms with Crippen LogP contribution in [-0.2, 0) is 13.0 Å². The molecule has 1 aliphatic rings. The molecular weight excluding hydrogens is 316 g/mol. The summed E-state index contributed by atoms with van der Waals surface area (Å²) in [4.78, 5) is 15.0. The van der Waals surface area contributed by atoms with Crippen molar-refractivity contribution in [2.45, 2.75) is 32.2 Å². The number of likely N-dealkylation sites (tertiary alicyclic amines) is 1. The van der Waals surface area contributed by atoms with Crippen LogP contribution in [0.3, 0.4) is 0 Å². The molecule has 0 radical (unpaired) electrons. The van der Waals surface area contributed by atoms with Crippen molar-refractivity contribution in [3.63, 3.8) is 0 Å². The lowest BCUT2D eigenvalue weighted by Gasteiger charge is -2.27. The van der Waals surface area contributed by atoms with Gasteiger partial charge in [-0.3, -0.25) is 4.79 Å². The number of aromatic nitrogens is 1. The third-order valence-electron chi connectivity index (χ3n) is 4.85. The molecular formula is C20H22N2OS. The van der Waals surface area contributed by atoms with Crippen LogP contribution in [0.5, 0.6) is 0 Å². The van der Waals surface area contributed by atoms with E-state index in [-0.39, 0.29) is 5.91 Å². The number of fused-ring (bicyclic) bond motifs is 1. The quantitative estimate of drug-likeness (QED) is 0.684. The first kappa shape index (κ1) is 15.5. The van der Waals surface area contributed by atoms with E-state index in [4.69, 9.17) is 0 Å². The monoisotopic (exact) mass is 338 g/mol. The van der Waals surface area contributed by atoms with Crippen molar-refractivity contribution in [1.29, 1.82) is 0 Å². The van der Waals surface area contributed by atoms with Crippen LogP contribution in [0.1, 0.15) is 35.3 Å². The Balaban J connectivity index is 1.62. The van der Waals surface area contributed by atoms with Crippen molar-refractivity contribution in [3.05, 3.63) is 59.1 Å². The van der Waals surface area contributed by atoms with E-state index in [2.05, 4.69) is 46.3 Å². The lowest BCUT2D eigenvalue weighted by molar-refractivity contribution is 0.0714. The molecule has 1 aromatic carbocycles. The van der Waals surface area contributed by atoms with Crippen molar-refractivity contribution < 1.29 is 4.79 Å². The van der Waals surface area contributed by atoms with E-state index in [9.17, 15) is 4.79 Å². The molecule has 1 fully saturated rings. The van der Waals surface area contributed by atoms with Crippen molar-refractivity contribution in [3.8, 4) is 0 Å². The van der Waals surface area contributed by atoms with Gasteiger partial charge in [-0.1, -0.05) is 30.3 Å². The fraction of sp³-hybridized carbons (Fsp3) is 0.350. The first-order valence-corrected chi connectivity index (χ1v) is 9.61. The second-order valence-corrected chi connectivity index (χ2v) is 7.39. The van der Waals surface area contributed by atoms with Gasteiger partial charge < -0.3 is 9.47 Å². The van der Waals surface area contributed by atoms with E-state index in [1.807, 2.05) is 11.0 Å². The molecule has 0 atom stereocenters. The van der Waals surface area contributed by atoms with Crippen molar-refractivity contribution in [2.24, 2.45) is 0 Å². The SMILES string of the molecule is O=C(c1cc2sccc2n1CCc1ccccc1)N1CCCCC1. The van der Waals surface area contributed by atoms with Crippen molar-refractivity contribution in [2.75, 3.05) is 13.1 Å². The van der Waals surface area contributed by atoms with Gasteiger partial charge in [-0.15, -0.1) is 11.3 Å². The first-order chi connectivity index (χ1) is 11.8. The molecule has 2 aromatic heterocycles. The molecule has 3 aromatic rings. The number of nitrogens with zero attached hydrogens (tertiary/aromatic N) is 2. The number of rotatable bonds is 4. The van der Waals surface area contributed by atoms with Gasteiger partial charge in [-0.05, 0) is 48.8 Å². The Hall–Kier alpha value is -2.07.